The van der Waals surface area contributed by atoms with Crippen LogP contribution in [0, 0.1) is 5.92 Å². The van der Waals surface area contributed by atoms with Crippen molar-refractivity contribution in [2.24, 2.45) is 5.92 Å². The number of ether oxygens (including phenoxy) is 1. The molecule has 2 atom stereocenters. The van der Waals surface area contributed by atoms with Crippen LogP contribution in [-0.2, 0) is 14.3 Å². The third-order valence-electron chi connectivity index (χ3n) is 6.86. The predicted octanol–water partition coefficient (Wildman–Crippen LogP) is 4.41. The molecule has 1 saturated heterocycles. The molecule has 2 aliphatic rings. The van der Waals surface area contributed by atoms with Gasteiger partial charge in [0.05, 0.1) is 5.92 Å². The summed E-state index contributed by atoms with van der Waals surface area (Å²) in [6.07, 6.45) is 2.51. The Bertz CT molecular complexity index is 1010. The fourth-order valence-electron chi connectivity index (χ4n) is 5.04. The Hall–Kier alpha value is -3.35. The normalized spacial score (nSPS) is 18.0. The smallest absolute Gasteiger partial charge is 0.407 e. The number of rotatable bonds is 8. The van der Waals surface area contributed by atoms with Crippen molar-refractivity contribution in [1.82, 2.24) is 10.2 Å². The van der Waals surface area contributed by atoms with E-state index in [4.69, 9.17) is 4.74 Å². The lowest BCUT2D eigenvalue weighted by Crippen LogP contribution is -2.42. The molecule has 1 unspecified atom stereocenters. The molecule has 2 aromatic carbocycles. The van der Waals surface area contributed by atoms with E-state index in [1.165, 1.54) is 22.3 Å². The van der Waals surface area contributed by atoms with Crippen molar-refractivity contribution in [1.29, 1.82) is 0 Å². The Kier molecular flexibility index (Phi) is 7.50. The number of hydrogen-bond donors (Lipinski definition) is 2. The second kappa shape index (κ2) is 10.7. The van der Waals surface area contributed by atoms with Gasteiger partial charge in [0.25, 0.3) is 0 Å². The van der Waals surface area contributed by atoms with Crippen molar-refractivity contribution < 1.29 is 24.2 Å². The lowest BCUT2D eigenvalue weighted by atomic mass is 9.98. The van der Waals surface area contributed by atoms with Crippen molar-refractivity contribution in [2.75, 3.05) is 19.7 Å². The van der Waals surface area contributed by atoms with Gasteiger partial charge >= 0.3 is 12.1 Å². The summed E-state index contributed by atoms with van der Waals surface area (Å²) in [5, 5.41) is 12.1. The van der Waals surface area contributed by atoms with Crippen molar-refractivity contribution in [3.63, 3.8) is 0 Å². The molecule has 0 saturated carbocycles. The van der Waals surface area contributed by atoms with Crippen LogP contribution in [0.4, 0.5) is 4.79 Å². The summed E-state index contributed by atoms with van der Waals surface area (Å²) >= 11 is 0. The second-order valence-electron chi connectivity index (χ2n) is 9.28. The molecular formula is C27H32N2O5. The number of nitrogens with one attached hydrogen (secondary N) is 1. The summed E-state index contributed by atoms with van der Waals surface area (Å²) in [6.45, 7) is 3.08. The highest BCUT2D eigenvalue weighted by atomic mass is 16.5. The van der Waals surface area contributed by atoms with E-state index in [-0.39, 0.29) is 24.5 Å². The zero-order chi connectivity index (χ0) is 24.1. The number of likely N-dealkylation sites (tertiary alicyclic amines) is 1. The van der Waals surface area contributed by atoms with Gasteiger partial charge in [0, 0.05) is 31.5 Å². The number of hydrogen-bond acceptors (Lipinski definition) is 4. The zero-order valence-electron chi connectivity index (χ0n) is 19.5. The number of nitrogens with zero attached hydrogens (tertiary/aromatic N) is 1. The maximum absolute atomic E-state index is 12.4. The maximum atomic E-state index is 12.4. The number of carboxylic acid groups (broad SMARTS) is 1. The zero-order valence-corrected chi connectivity index (χ0v) is 19.5. The van der Waals surface area contributed by atoms with Gasteiger partial charge in [0.15, 0.2) is 0 Å². The van der Waals surface area contributed by atoms with Crippen LogP contribution in [0.5, 0.6) is 0 Å². The average Bonchev–Trinajstić information content (AvgIpc) is 3.16. The molecule has 180 valence electrons. The van der Waals surface area contributed by atoms with Gasteiger partial charge in [-0.2, -0.15) is 0 Å². The minimum absolute atomic E-state index is 0.0145. The van der Waals surface area contributed by atoms with Gasteiger partial charge in [-0.3, -0.25) is 9.59 Å². The number of benzene rings is 2. The number of alkyl carbamates (subject to hydrolysis) is 1. The summed E-state index contributed by atoms with van der Waals surface area (Å²) in [4.78, 5) is 37.7. The van der Waals surface area contributed by atoms with E-state index in [0.29, 0.717) is 38.8 Å². The van der Waals surface area contributed by atoms with Crippen LogP contribution in [0.15, 0.2) is 48.5 Å². The number of aliphatic carboxylic acids is 1. The van der Waals surface area contributed by atoms with E-state index in [2.05, 4.69) is 29.6 Å². The molecule has 2 N–H and O–H groups in total. The number of carbonyl (C=O) groups excluding carboxylic acids is 2. The van der Waals surface area contributed by atoms with Crippen molar-refractivity contribution in [3.8, 4) is 11.1 Å². The first-order chi connectivity index (χ1) is 16.4. The monoisotopic (exact) mass is 464 g/mol. The SMILES string of the molecule is CC(CCCC(=O)N1CCC[C@@H](C(=O)O)C1)NC(=O)OCC1c2ccccc2-c2ccccc21. The average molecular weight is 465 g/mol. The van der Waals surface area contributed by atoms with Crippen LogP contribution in [0.1, 0.15) is 56.1 Å². The number of carbonyl (C=O) groups is 3. The molecule has 0 aromatic heterocycles. The molecule has 7 heteroatoms. The summed E-state index contributed by atoms with van der Waals surface area (Å²) in [6, 6.07) is 16.3. The van der Waals surface area contributed by atoms with E-state index in [1.807, 2.05) is 31.2 Å². The fraction of sp³-hybridized carbons (Fsp3) is 0.444. The van der Waals surface area contributed by atoms with Gasteiger partial charge in [0.1, 0.15) is 6.61 Å². The first-order valence-electron chi connectivity index (χ1n) is 12.1. The van der Waals surface area contributed by atoms with Crippen molar-refractivity contribution >= 4 is 18.0 Å². The van der Waals surface area contributed by atoms with E-state index >= 15 is 0 Å². The van der Waals surface area contributed by atoms with Gasteiger partial charge in [-0.1, -0.05) is 48.5 Å². The van der Waals surface area contributed by atoms with E-state index in [9.17, 15) is 19.5 Å². The molecule has 0 bridgehead atoms. The van der Waals surface area contributed by atoms with Crippen LogP contribution in [-0.4, -0.2) is 53.7 Å². The largest absolute Gasteiger partial charge is 0.481 e. The summed E-state index contributed by atoms with van der Waals surface area (Å²) in [7, 11) is 0. The number of amides is 2. The van der Waals surface area contributed by atoms with Gasteiger partial charge in [-0.15, -0.1) is 0 Å². The summed E-state index contributed by atoms with van der Waals surface area (Å²) < 4.78 is 5.59. The van der Waals surface area contributed by atoms with E-state index < -0.39 is 18.0 Å². The Morgan fingerprint density at radius 3 is 2.38 bits per heavy atom. The number of fused-ring (bicyclic) bond motifs is 3. The molecule has 7 nitrogen and oxygen atoms in total. The predicted molar refractivity (Wildman–Crippen MR) is 128 cm³/mol. The minimum atomic E-state index is -0.835. The molecule has 0 radical (unpaired) electrons. The third kappa shape index (κ3) is 5.41. The minimum Gasteiger partial charge on any atom is -0.481 e. The van der Waals surface area contributed by atoms with Gasteiger partial charge < -0.3 is 20.1 Å². The molecule has 1 aliphatic heterocycles. The highest BCUT2D eigenvalue weighted by molar-refractivity contribution is 5.79. The van der Waals surface area contributed by atoms with Crippen LogP contribution in [0.25, 0.3) is 11.1 Å². The highest BCUT2D eigenvalue weighted by Crippen LogP contribution is 2.44. The molecular weight excluding hydrogens is 432 g/mol. The quantitative estimate of drug-likeness (QED) is 0.603. The van der Waals surface area contributed by atoms with Gasteiger partial charge in [0.2, 0.25) is 5.91 Å². The van der Waals surface area contributed by atoms with Crippen LogP contribution >= 0.6 is 0 Å². The number of carboxylic acids is 1. The standard InChI is InChI=1S/C27H32N2O5/c1-18(8-6-14-25(30)29-15-7-9-19(16-29)26(31)32)28-27(33)34-17-24-22-12-4-2-10-20(22)21-11-3-5-13-23(21)24/h2-5,10-13,18-19,24H,6-9,14-17H2,1H3,(H,28,33)(H,31,32)/t18?,19-/m1/s1. The van der Waals surface area contributed by atoms with Crippen LogP contribution in [0.2, 0.25) is 0 Å². The molecule has 2 aromatic rings. The molecule has 4 rings (SSSR count). The summed E-state index contributed by atoms with van der Waals surface area (Å²) in [5.74, 6) is -1.30. The maximum Gasteiger partial charge on any atom is 0.407 e. The molecule has 1 aliphatic carbocycles. The first-order valence-corrected chi connectivity index (χ1v) is 12.1. The molecule has 2 amide bonds. The van der Waals surface area contributed by atoms with Gasteiger partial charge in [-0.05, 0) is 54.9 Å². The Balaban J connectivity index is 1.21. The fourth-order valence-corrected chi connectivity index (χ4v) is 5.04. The summed E-state index contributed by atoms with van der Waals surface area (Å²) in [5.41, 5.74) is 4.72. The van der Waals surface area contributed by atoms with E-state index in [1.54, 1.807) is 4.90 Å². The third-order valence-corrected chi connectivity index (χ3v) is 6.86. The van der Waals surface area contributed by atoms with Crippen LogP contribution in [0.3, 0.4) is 0 Å². The Labute approximate surface area is 200 Å². The number of piperidine rings is 1. The molecule has 1 heterocycles. The Morgan fingerprint density at radius 1 is 1.09 bits per heavy atom. The van der Waals surface area contributed by atoms with Crippen molar-refractivity contribution in [2.45, 2.75) is 51.0 Å². The molecule has 1 fully saturated rings. The molecule has 0 spiro atoms. The Morgan fingerprint density at radius 2 is 1.74 bits per heavy atom. The first kappa shape index (κ1) is 23.8. The lowest BCUT2D eigenvalue weighted by Gasteiger charge is -2.30. The van der Waals surface area contributed by atoms with Crippen LogP contribution < -0.4 is 5.32 Å². The van der Waals surface area contributed by atoms with E-state index in [0.717, 1.165) is 6.42 Å². The van der Waals surface area contributed by atoms with Gasteiger partial charge in [-0.25, -0.2) is 4.79 Å². The van der Waals surface area contributed by atoms with Crippen molar-refractivity contribution in [3.05, 3.63) is 59.7 Å². The highest BCUT2D eigenvalue weighted by Gasteiger charge is 2.30. The lowest BCUT2D eigenvalue weighted by molar-refractivity contribution is -0.145. The second-order valence-corrected chi connectivity index (χ2v) is 9.28. The molecule has 34 heavy (non-hydrogen) atoms. The topological polar surface area (TPSA) is 95.9 Å².